The Balaban J connectivity index is 1.68. The third-order valence-corrected chi connectivity index (χ3v) is 7.08. The van der Waals surface area contributed by atoms with Crippen molar-refractivity contribution in [1.29, 1.82) is 0 Å². The lowest BCUT2D eigenvalue weighted by Crippen LogP contribution is -2.27. The van der Waals surface area contributed by atoms with Crippen molar-refractivity contribution in [2.24, 2.45) is 7.05 Å². The quantitative estimate of drug-likeness (QED) is 0.141. The molecule has 0 aliphatic carbocycles. The summed E-state index contributed by atoms with van der Waals surface area (Å²) in [6.07, 6.45) is 6.69. The molecule has 0 aliphatic rings. The van der Waals surface area contributed by atoms with E-state index in [1.54, 1.807) is 0 Å². The van der Waals surface area contributed by atoms with Crippen molar-refractivity contribution in [3.63, 3.8) is 0 Å². The maximum Gasteiger partial charge on any atom is 0.197 e. The summed E-state index contributed by atoms with van der Waals surface area (Å²) in [5.74, 6) is 1.61. The molecule has 0 N–H and O–H groups in total. The Morgan fingerprint density at radius 1 is 0.632 bits per heavy atom. The number of benzene rings is 2. The smallest absolute Gasteiger partial charge is 0.197 e. The second kappa shape index (κ2) is 15.7. The summed E-state index contributed by atoms with van der Waals surface area (Å²) >= 11 is 0. The van der Waals surface area contributed by atoms with Crippen LogP contribution in [-0.4, -0.2) is 66.8 Å². The van der Waals surface area contributed by atoms with E-state index in [1.165, 1.54) is 25.7 Å². The highest BCUT2D eigenvalue weighted by Crippen LogP contribution is 2.25. The highest BCUT2D eigenvalue weighted by Gasteiger charge is 2.12. The van der Waals surface area contributed by atoms with E-state index in [2.05, 4.69) is 42.1 Å². The number of ether oxygens (including phenoxy) is 2. The zero-order valence-electron chi connectivity index (χ0n) is 24.4. The monoisotopic (exact) mass is 523 g/mol. The normalized spacial score (nSPS) is 11.8. The van der Waals surface area contributed by atoms with E-state index in [0.717, 1.165) is 74.6 Å². The van der Waals surface area contributed by atoms with E-state index in [4.69, 9.17) is 9.47 Å². The summed E-state index contributed by atoms with van der Waals surface area (Å²) in [6, 6.07) is 11.6. The van der Waals surface area contributed by atoms with E-state index in [1.807, 2.05) is 43.4 Å². The van der Waals surface area contributed by atoms with Crippen LogP contribution in [0.1, 0.15) is 66.2 Å². The van der Waals surface area contributed by atoms with Crippen molar-refractivity contribution in [2.75, 3.05) is 52.5 Å². The first-order valence-corrected chi connectivity index (χ1v) is 14.8. The first-order chi connectivity index (χ1) is 18.5. The molecule has 0 bridgehead atoms. The van der Waals surface area contributed by atoms with Crippen LogP contribution in [0.3, 0.4) is 0 Å². The number of hydrogen-bond acceptors (Lipinski definition) is 5. The van der Waals surface area contributed by atoms with Crippen LogP contribution in [0, 0.1) is 0 Å². The number of aromatic nitrogens is 1. The minimum atomic E-state index is 0.0516. The first kappa shape index (κ1) is 30.0. The molecule has 1 heterocycles. The number of hydrogen-bond donors (Lipinski definition) is 0. The summed E-state index contributed by atoms with van der Waals surface area (Å²) in [4.78, 5) is 18.3. The molecule has 0 spiro atoms. The van der Waals surface area contributed by atoms with Crippen LogP contribution >= 0.6 is 0 Å². The molecule has 6 heteroatoms. The third-order valence-electron chi connectivity index (χ3n) is 7.08. The fourth-order valence-corrected chi connectivity index (χ4v) is 5.31. The molecule has 0 fully saturated rings. The summed E-state index contributed by atoms with van der Waals surface area (Å²) in [5, 5.41) is 1.43. The molecule has 3 aromatic rings. The number of fused-ring (bicyclic) bond motifs is 2. The molecular formula is C32H49N3O3. The van der Waals surface area contributed by atoms with Gasteiger partial charge in [0, 0.05) is 43.0 Å². The highest BCUT2D eigenvalue weighted by molar-refractivity contribution is 5.94. The van der Waals surface area contributed by atoms with Crippen molar-refractivity contribution < 1.29 is 9.47 Å². The zero-order chi connectivity index (χ0) is 27.3. The number of nitrogens with zero attached hydrogens (tertiary/aromatic N) is 3. The third kappa shape index (κ3) is 8.21. The molecule has 0 unspecified atom stereocenters. The van der Waals surface area contributed by atoms with E-state index < -0.39 is 0 Å². The Morgan fingerprint density at radius 2 is 1.03 bits per heavy atom. The van der Waals surface area contributed by atoms with E-state index >= 15 is 0 Å². The Bertz CT molecular complexity index is 1090. The molecule has 210 valence electrons. The van der Waals surface area contributed by atoms with Crippen LogP contribution in [-0.2, 0) is 7.05 Å². The standard InChI is InChI=1S/C32H49N3O3/c1-6-16-34(17-7-2)20-10-22-37-26-12-14-28-30(24-26)33(5)31-25-27(13-15-29(31)32(28)36)38-23-11-21-35(18-8-3)19-9-4/h12-15,24-25H,6-11,16-23H2,1-5H3. The molecule has 0 saturated heterocycles. The minimum Gasteiger partial charge on any atom is -0.493 e. The fraction of sp³-hybridized carbons (Fsp3) is 0.594. The summed E-state index contributed by atoms with van der Waals surface area (Å²) in [6.45, 7) is 16.9. The zero-order valence-corrected chi connectivity index (χ0v) is 24.4. The molecule has 38 heavy (non-hydrogen) atoms. The van der Waals surface area contributed by atoms with Crippen molar-refractivity contribution in [3.8, 4) is 11.5 Å². The topological polar surface area (TPSA) is 46.9 Å². The van der Waals surface area contributed by atoms with Gasteiger partial charge in [0.15, 0.2) is 5.43 Å². The largest absolute Gasteiger partial charge is 0.493 e. The van der Waals surface area contributed by atoms with Gasteiger partial charge in [-0.1, -0.05) is 27.7 Å². The van der Waals surface area contributed by atoms with Crippen molar-refractivity contribution in [2.45, 2.75) is 66.2 Å². The van der Waals surface area contributed by atoms with Gasteiger partial charge in [0.2, 0.25) is 0 Å². The van der Waals surface area contributed by atoms with Gasteiger partial charge in [-0.25, -0.2) is 0 Å². The maximum absolute atomic E-state index is 13.3. The Morgan fingerprint density at radius 3 is 1.39 bits per heavy atom. The molecular weight excluding hydrogens is 474 g/mol. The molecule has 2 aromatic carbocycles. The molecule has 0 amide bonds. The van der Waals surface area contributed by atoms with Crippen LogP contribution in [0.25, 0.3) is 21.8 Å². The van der Waals surface area contributed by atoms with Gasteiger partial charge < -0.3 is 23.8 Å². The Kier molecular flexibility index (Phi) is 12.4. The van der Waals surface area contributed by atoms with Crippen LogP contribution < -0.4 is 14.9 Å². The molecule has 1 aromatic heterocycles. The number of aryl methyl sites for hydroxylation is 1. The van der Waals surface area contributed by atoms with Crippen LogP contribution in [0.4, 0.5) is 0 Å². The lowest BCUT2D eigenvalue weighted by Gasteiger charge is -2.21. The van der Waals surface area contributed by atoms with Crippen molar-refractivity contribution in [3.05, 3.63) is 46.6 Å². The number of pyridine rings is 1. The molecule has 3 rings (SSSR count). The fourth-order valence-electron chi connectivity index (χ4n) is 5.31. The van der Waals surface area contributed by atoms with Crippen molar-refractivity contribution in [1.82, 2.24) is 14.4 Å². The number of rotatable bonds is 18. The van der Waals surface area contributed by atoms with E-state index in [9.17, 15) is 4.79 Å². The van der Waals surface area contributed by atoms with Crippen molar-refractivity contribution >= 4 is 21.8 Å². The predicted molar refractivity (Wildman–Crippen MR) is 161 cm³/mol. The second-order valence-electron chi connectivity index (χ2n) is 10.3. The van der Waals surface area contributed by atoms with Gasteiger partial charge in [-0.15, -0.1) is 0 Å². The van der Waals surface area contributed by atoms with Gasteiger partial charge in [-0.2, -0.15) is 0 Å². The predicted octanol–water partition coefficient (Wildman–Crippen LogP) is 6.47. The maximum atomic E-state index is 13.3. The summed E-state index contributed by atoms with van der Waals surface area (Å²) in [7, 11) is 2.01. The van der Waals surface area contributed by atoms with Gasteiger partial charge in [0.05, 0.1) is 24.2 Å². The average molecular weight is 524 g/mol. The van der Waals surface area contributed by atoms with Gasteiger partial charge in [0.1, 0.15) is 11.5 Å². The van der Waals surface area contributed by atoms with Crippen LogP contribution in [0.5, 0.6) is 11.5 Å². The lowest BCUT2D eigenvalue weighted by molar-refractivity contribution is 0.234. The SMILES string of the molecule is CCCN(CCC)CCCOc1ccc2c(=O)c3ccc(OCCCN(CCC)CCC)cc3n(C)c2c1. The minimum absolute atomic E-state index is 0.0516. The second-order valence-corrected chi connectivity index (χ2v) is 10.3. The summed E-state index contributed by atoms with van der Waals surface area (Å²) < 4.78 is 14.3. The Hall–Kier alpha value is -2.57. The molecule has 0 aliphatic heterocycles. The van der Waals surface area contributed by atoms with Crippen LogP contribution in [0.2, 0.25) is 0 Å². The molecule has 0 saturated carbocycles. The molecule has 6 nitrogen and oxygen atoms in total. The molecule has 0 atom stereocenters. The van der Waals surface area contributed by atoms with E-state index in [0.29, 0.717) is 24.0 Å². The summed E-state index contributed by atoms with van der Waals surface area (Å²) in [5.41, 5.74) is 1.81. The van der Waals surface area contributed by atoms with Gasteiger partial charge in [0.25, 0.3) is 0 Å². The van der Waals surface area contributed by atoms with Gasteiger partial charge in [-0.3, -0.25) is 4.79 Å². The molecule has 0 radical (unpaired) electrons. The Labute approximate surface area is 229 Å². The average Bonchev–Trinajstić information content (AvgIpc) is 2.92. The lowest BCUT2D eigenvalue weighted by atomic mass is 10.1. The highest BCUT2D eigenvalue weighted by atomic mass is 16.5. The van der Waals surface area contributed by atoms with E-state index in [-0.39, 0.29) is 5.43 Å². The first-order valence-electron chi connectivity index (χ1n) is 14.8. The van der Waals surface area contributed by atoms with Gasteiger partial charge >= 0.3 is 0 Å². The van der Waals surface area contributed by atoms with Crippen LogP contribution in [0.15, 0.2) is 41.2 Å². The van der Waals surface area contributed by atoms with Gasteiger partial charge in [-0.05, 0) is 89.0 Å².